The Labute approximate surface area is 112 Å². The highest BCUT2D eigenvalue weighted by Crippen LogP contribution is 2.16. The number of nitro benzene ring substituents is 1. The van der Waals surface area contributed by atoms with E-state index in [1.54, 1.807) is 24.5 Å². The van der Waals surface area contributed by atoms with Crippen molar-refractivity contribution >= 4 is 27.3 Å². The quantitative estimate of drug-likeness (QED) is 0.694. The van der Waals surface area contributed by atoms with Crippen molar-refractivity contribution < 1.29 is 4.92 Å². The van der Waals surface area contributed by atoms with Gasteiger partial charge in [0, 0.05) is 29.3 Å². The van der Waals surface area contributed by atoms with Crippen LogP contribution in [0.1, 0.15) is 5.56 Å². The van der Waals surface area contributed by atoms with Crippen LogP contribution in [0, 0.1) is 10.1 Å². The van der Waals surface area contributed by atoms with Gasteiger partial charge in [0.1, 0.15) is 0 Å². The van der Waals surface area contributed by atoms with Crippen molar-refractivity contribution in [1.29, 1.82) is 0 Å². The average Bonchev–Trinajstić information content (AvgIpc) is 2.37. The van der Waals surface area contributed by atoms with Crippen LogP contribution in [0.3, 0.4) is 0 Å². The molecule has 18 heavy (non-hydrogen) atoms. The van der Waals surface area contributed by atoms with E-state index in [9.17, 15) is 10.1 Å². The predicted octanol–water partition coefficient (Wildman–Crippen LogP) is 3.36. The second-order valence-corrected chi connectivity index (χ2v) is 4.59. The maximum atomic E-state index is 10.6. The fourth-order valence-corrected chi connectivity index (χ4v) is 1.86. The van der Waals surface area contributed by atoms with Gasteiger partial charge in [-0.2, -0.15) is 0 Å². The molecule has 0 aliphatic rings. The van der Waals surface area contributed by atoms with Crippen LogP contribution in [-0.4, -0.2) is 9.91 Å². The topological polar surface area (TPSA) is 68.1 Å². The molecule has 0 bridgehead atoms. The molecule has 1 N–H and O–H groups in total. The van der Waals surface area contributed by atoms with Crippen LogP contribution in [0.25, 0.3) is 0 Å². The summed E-state index contributed by atoms with van der Waals surface area (Å²) in [4.78, 5) is 14.3. The highest BCUT2D eigenvalue weighted by Gasteiger charge is 2.05. The number of pyridine rings is 1. The van der Waals surface area contributed by atoms with Gasteiger partial charge >= 0.3 is 0 Å². The Hall–Kier alpha value is -1.95. The molecule has 1 aromatic heterocycles. The molecule has 0 fully saturated rings. The summed E-state index contributed by atoms with van der Waals surface area (Å²) >= 11 is 3.33. The van der Waals surface area contributed by atoms with Crippen molar-refractivity contribution in [3.05, 3.63) is 62.9 Å². The number of hydrogen-bond donors (Lipinski definition) is 1. The van der Waals surface area contributed by atoms with E-state index in [1.165, 1.54) is 6.07 Å². The maximum absolute atomic E-state index is 10.6. The van der Waals surface area contributed by atoms with Crippen molar-refractivity contribution in [1.82, 2.24) is 4.98 Å². The standard InChI is InChI=1S/C12H10BrN3O2/c13-10-5-11(8-14-7-10)15-6-9-2-1-3-12(4-9)16(17)18/h1-5,7-8,15H,6H2. The van der Waals surface area contributed by atoms with Gasteiger partial charge in [-0.1, -0.05) is 12.1 Å². The number of nitrogens with zero attached hydrogens (tertiary/aromatic N) is 2. The zero-order valence-electron chi connectivity index (χ0n) is 9.34. The molecule has 2 aromatic rings. The molecule has 92 valence electrons. The smallest absolute Gasteiger partial charge is 0.269 e. The maximum Gasteiger partial charge on any atom is 0.269 e. The second kappa shape index (κ2) is 5.59. The van der Waals surface area contributed by atoms with E-state index >= 15 is 0 Å². The minimum Gasteiger partial charge on any atom is -0.380 e. The number of nitrogens with one attached hydrogen (secondary N) is 1. The molecule has 2 rings (SSSR count). The summed E-state index contributed by atoms with van der Waals surface area (Å²) < 4.78 is 0.881. The van der Waals surface area contributed by atoms with Crippen LogP contribution in [0.4, 0.5) is 11.4 Å². The number of rotatable bonds is 4. The lowest BCUT2D eigenvalue weighted by Gasteiger charge is -2.06. The lowest BCUT2D eigenvalue weighted by molar-refractivity contribution is -0.384. The summed E-state index contributed by atoms with van der Waals surface area (Å²) in [5.41, 5.74) is 1.81. The zero-order chi connectivity index (χ0) is 13.0. The lowest BCUT2D eigenvalue weighted by Crippen LogP contribution is -2.00. The first-order valence-corrected chi connectivity index (χ1v) is 6.02. The van der Waals surface area contributed by atoms with E-state index in [-0.39, 0.29) is 5.69 Å². The Morgan fingerprint density at radius 1 is 1.33 bits per heavy atom. The Morgan fingerprint density at radius 2 is 2.17 bits per heavy atom. The Balaban J connectivity index is 2.06. The van der Waals surface area contributed by atoms with E-state index in [4.69, 9.17) is 0 Å². The van der Waals surface area contributed by atoms with Gasteiger partial charge in [-0.15, -0.1) is 0 Å². The van der Waals surface area contributed by atoms with E-state index in [1.807, 2.05) is 12.1 Å². The van der Waals surface area contributed by atoms with Gasteiger partial charge in [-0.05, 0) is 27.6 Å². The molecule has 0 spiro atoms. The van der Waals surface area contributed by atoms with Crippen LogP contribution < -0.4 is 5.32 Å². The Morgan fingerprint density at radius 3 is 2.89 bits per heavy atom. The third kappa shape index (κ3) is 3.27. The summed E-state index contributed by atoms with van der Waals surface area (Å²) in [7, 11) is 0. The minimum absolute atomic E-state index is 0.0988. The first-order valence-electron chi connectivity index (χ1n) is 5.23. The van der Waals surface area contributed by atoms with Crippen LogP contribution in [-0.2, 0) is 6.54 Å². The molecule has 0 saturated heterocycles. The van der Waals surface area contributed by atoms with Gasteiger partial charge in [0.25, 0.3) is 5.69 Å². The van der Waals surface area contributed by atoms with Gasteiger partial charge < -0.3 is 5.32 Å². The molecule has 0 saturated carbocycles. The molecular weight excluding hydrogens is 298 g/mol. The van der Waals surface area contributed by atoms with Gasteiger partial charge in [-0.25, -0.2) is 0 Å². The molecule has 1 aromatic carbocycles. The van der Waals surface area contributed by atoms with Crippen molar-refractivity contribution in [3.8, 4) is 0 Å². The number of benzene rings is 1. The number of halogens is 1. The molecule has 6 heteroatoms. The van der Waals surface area contributed by atoms with E-state index in [0.717, 1.165) is 15.7 Å². The van der Waals surface area contributed by atoms with Gasteiger partial charge in [0.05, 0.1) is 16.8 Å². The lowest BCUT2D eigenvalue weighted by atomic mass is 10.2. The molecule has 0 atom stereocenters. The highest BCUT2D eigenvalue weighted by molar-refractivity contribution is 9.10. The molecule has 0 aliphatic heterocycles. The largest absolute Gasteiger partial charge is 0.380 e. The number of hydrogen-bond acceptors (Lipinski definition) is 4. The molecular formula is C12H10BrN3O2. The number of aromatic nitrogens is 1. The Kier molecular flexibility index (Phi) is 3.88. The fourth-order valence-electron chi connectivity index (χ4n) is 1.49. The van der Waals surface area contributed by atoms with Crippen LogP contribution in [0.2, 0.25) is 0 Å². The third-order valence-electron chi connectivity index (χ3n) is 2.32. The van der Waals surface area contributed by atoms with Crippen LogP contribution >= 0.6 is 15.9 Å². The third-order valence-corrected chi connectivity index (χ3v) is 2.76. The fraction of sp³-hybridized carbons (Fsp3) is 0.0833. The summed E-state index contributed by atoms with van der Waals surface area (Å²) in [6, 6.07) is 8.44. The van der Waals surface area contributed by atoms with Gasteiger partial charge in [0.2, 0.25) is 0 Å². The van der Waals surface area contributed by atoms with Gasteiger partial charge in [0.15, 0.2) is 0 Å². The molecule has 0 unspecified atom stereocenters. The number of non-ortho nitro benzene ring substituents is 1. The van der Waals surface area contributed by atoms with E-state index < -0.39 is 4.92 Å². The highest BCUT2D eigenvalue weighted by atomic mass is 79.9. The zero-order valence-corrected chi connectivity index (χ0v) is 10.9. The van der Waals surface area contributed by atoms with Crippen molar-refractivity contribution in [2.45, 2.75) is 6.54 Å². The van der Waals surface area contributed by atoms with Crippen molar-refractivity contribution in [3.63, 3.8) is 0 Å². The van der Waals surface area contributed by atoms with Crippen molar-refractivity contribution in [2.75, 3.05) is 5.32 Å². The van der Waals surface area contributed by atoms with Crippen molar-refractivity contribution in [2.24, 2.45) is 0 Å². The second-order valence-electron chi connectivity index (χ2n) is 3.67. The predicted molar refractivity (Wildman–Crippen MR) is 72.4 cm³/mol. The summed E-state index contributed by atoms with van der Waals surface area (Å²) in [5.74, 6) is 0. The first-order chi connectivity index (χ1) is 8.65. The average molecular weight is 308 g/mol. The first kappa shape index (κ1) is 12.5. The molecule has 5 nitrogen and oxygen atoms in total. The van der Waals surface area contributed by atoms with Crippen LogP contribution in [0.15, 0.2) is 47.2 Å². The number of nitro groups is 1. The molecule has 0 radical (unpaired) electrons. The summed E-state index contributed by atoms with van der Waals surface area (Å²) in [6.07, 6.45) is 3.39. The molecule has 0 aliphatic carbocycles. The summed E-state index contributed by atoms with van der Waals surface area (Å²) in [5, 5.41) is 13.8. The normalized spacial score (nSPS) is 10.1. The minimum atomic E-state index is -0.399. The molecule has 0 amide bonds. The van der Waals surface area contributed by atoms with E-state index in [2.05, 4.69) is 26.2 Å². The van der Waals surface area contributed by atoms with Gasteiger partial charge in [-0.3, -0.25) is 15.1 Å². The van der Waals surface area contributed by atoms with E-state index in [0.29, 0.717) is 6.54 Å². The Bertz CT molecular complexity index is 575. The number of anilines is 1. The molecule has 1 heterocycles. The monoisotopic (exact) mass is 307 g/mol. The summed E-state index contributed by atoms with van der Waals surface area (Å²) in [6.45, 7) is 0.514. The SMILES string of the molecule is O=[N+]([O-])c1cccc(CNc2cncc(Br)c2)c1. The van der Waals surface area contributed by atoms with Crippen LogP contribution in [0.5, 0.6) is 0 Å².